The Morgan fingerprint density at radius 1 is 1.14 bits per heavy atom. The zero-order valence-corrected chi connectivity index (χ0v) is 15.1. The maximum atomic E-state index is 6.44. The van der Waals surface area contributed by atoms with Crippen molar-refractivity contribution < 1.29 is 9.22 Å². The Balaban J connectivity index is 1.91. The third-order valence-electron chi connectivity index (χ3n) is 5.05. The van der Waals surface area contributed by atoms with E-state index in [-0.39, 0.29) is 0 Å². The van der Waals surface area contributed by atoms with Crippen LogP contribution in [0.3, 0.4) is 0 Å². The van der Waals surface area contributed by atoms with Gasteiger partial charge in [0, 0.05) is 5.56 Å². The number of ether oxygens (including phenoxy) is 1. The molecule has 1 aromatic rings. The monoisotopic (exact) mass is 304 g/mol. The van der Waals surface area contributed by atoms with Crippen molar-refractivity contribution in [2.45, 2.75) is 52.7 Å². The van der Waals surface area contributed by atoms with Crippen molar-refractivity contribution in [3.8, 4) is 0 Å². The fourth-order valence-corrected chi connectivity index (χ4v) is 3.73. The van der Waals surface area contributed by atoms with Gasteiger partial charge in [0.05, 0.1) is 20.2 Å². The van der Waals surface area contributed by atoms with Crippen molar-refractivity contribution in [3.05, 3.63) is 35.9 Å². The third kappa shape index (κ3) is 5.10. The van der Waals surface area contributed by atoms with Crippen molar-refractivity contribution >= 4 is 0 Å². The molecule has 2 heteroatoms. The Morgan fingerprint density at radius 3 is 2.45 bits per heavy atom. The van der Waals surface area contributed by atoms with Crippen LogP contribution in [-0.4, -0.2) is 31.4 Å². The van der Waals surface area contributed by atoms with E-state index >= 15 is 0 Å². The summed E-state index contributed by atoms with van der Waals surface area (Å²) in [6, 6.07) is 10.7. The molecule has 1 aliphatic carbocycles. The minimum atomic E-state index is 0.442. The number of rotatable bonds is 6. The molecule has 0 aliphatic heterocycles. The smallest absolute Gasteiger partial charge is 0.183 e. The molecule has 0 heterocycles. The van der Waals surface area contributed by atoms with Gasteiger partial charge in [0.15, 0.2) is 6.73 Å². The molecule has 2 nitrogen and oxygen atoms in total. The lowest BCUT2D eigenvalue weighted by Gasteiger charge is -2.39. The molecule has 0 N–H and O–H groups in total. The largest absolute Gasteiger partial charge is 0.328 e. The summed E-state index contributed by atoms with van der Waals surface area (Å²) in [4.78, 5) is 0. The van der Waals surface area contributed by atoms with Crippen molar-refractivity contribution in [2.75, 3.05) is 20.8 Å². The van der Waals surface area contributed by atoms with Crippen LogP contribution in [0.2, 0.25) is 0 Å². The first-order valence-corrected chi connectivity index (χ1v) is 8.85. The van der Waals surface area contributed by atoms with E-state index in [2.05, 4.69) is 65.2 Å². The number of hydrogen-bond donors (Lipinski definition) is 0. The van der Waals surface area contributed by atoms with Gasteiger partial charge in [-0.15, -0.1) is 0 Å². The van der Waals surface area contributed by atoms with E-state index in [1.807, 2.05) is 0 Å². The predicted octanol–water partition coefficient (Wildman–Crippen LogP) is 4.70. The predicted molar refractivity (Wildman–Crippen MR) is 93.3 cm³/mol. The van der Waals surface area contributed by atoms with Gasteiger partial charge in [0.1, 0.15) is 6.54 Å². The van der Waals surface area contributed by atoms with Crippen LogP contribution in [0, 0.1) is 17.8 Å². The van der Waals surface area contributed by atoms with Crippen LogP contribution in [-0.2, 0) is 11.3 Å². The van der Waals surface area contributed by atoms with E-state index in [9.17, 15) is 0 Å². The molecule has 0 radical (unpaired) electrons. The standard InChI is InChI=1S/C20H34NO/c1-16(2)19-12-11-17(3)13-20(19)22-15-21(4,5)14-18-9-7-6-8-10-18/h6-10,16-17,19-20H,11-15H2,1-5H3/q+1/t17-,19+,20-/m1/s1. The molecular formula is C20H34NO+. The summed E-state index contributed by atoms with van der Waals surface area (Å²) in [5, 5.41) is 0. The SMILES string of the molecule is CC(C)[C@@H]1CC[C@@H](C)C[C@H]1OC[N+](C)(C)Cc1ccccc1. The second-order valence-corrected chi connectivity index (χ2v) is 8.24. The highest BCUT2D eigenvalue weighted by Gasteiger charge is 2.32. The fraction of sp³-hybridized carbons (Fsp3) is 0.700. The van der Waals surface area contributed by atoms with Crippen LogP contribution in [0.5, 0.6) is 0 Å². The lowest BCUT2D eigenvalue weighted by Crippen LogP contribution is -2.44. The molecule has 1 fully saturated rings. The number of nitrogens with zero attached hydrogens (tertiary/aromatic N) is 1. The van der Waals surface area contributed by atoms with Gasteiger partial charge in [-0.1, -0.05) is 57.5 Å². The number of hydrogen-bond acceptors (Lipinski definition) is 1. The highest BCUT2D eigenvalue weighted by Crippen LogP contribution is 2.35. The molecule has 0 amide bonds. The van der Waals surface area contributed by atoms with Crippen molar-refractivity contribution in [1.29, 1.82) is 0 Å². The van der Waals surface area contributed by atoms with E-state index in [4.69, 9.17) is 4.74 Å². The van der Waals surface area contributed by atoms with Crippen LogP contribution < -0.4 is 0 Å². The number of benzene rings is 1. The maximum absolute atomic E-state index is 6.44. The zero-order chi connectivity index (χ0) is 16.2. The highest BCUT2D eigenvalue weighted by molar-refractivity contribution is 5.13. The molecule has 0 saturated heterocycles. The summed E-state index contributed by atoms with van der Waals surface area (Å²) >= 11 is 0. The summed E-state index contributed by atoms with van der Waals surface area (Å²) in [7, 11) is 4.53. The van der Waals surface area contributed by atoms with Gasteiger partial charge in [-0.3, -0.25) is 0 Å². The quantitative estimate of drug-likeness (QED) is 0.547. The molecule has 22 heavy (non-hydrogen) atoms. The van der Waals surface area contributed by atoms with E-state index in [0.717, 1.165) is 35.5 Å². The summed E-state index contributed by atoms with van der Waals surface area (Å²) in [5.74, 6) is 2.26. The Kier molecular flexibility index (Phi) is 6.05. The normalized spacial score (nSPS) is 26.4. The third-order valence-corrected chi connectivity index (χ3v) is 5.05. The van der Waals surface area contributed by atoms with Gasteiger partial charge in [-0.25, -0.2) is 0 Å². The van der Waals surface area contributed by atoms with E-state index in [1.54, 1.807) is 0 Å². The molecule has 0 aromatic heterocycles. The second kappa shape index (κ2) is 7.61. The summed E-state index contributed by atoms with van der Waals surface area (Å²) in [5.41, 5.74) is 1.38. The zero-order valence-electron chi connectivity index (χ0n) is 15.1. The van der Waals surface area contributed by atoms with E-state index < -0.39 is 0 Å². The summed E-state index contributed by atoms with van der Waals surface area (Å²) < 4.78 is 7.33. The molecule has 3 atom stereocenters. The topological polar surface area (TPSA) is 9.23 Å². The molecular weight excluding hydrogens is 270 g/mol. The molecule has 0 bridgehead atoms. The van der Waals surface area contributed by atoms with Crippen molar-refractivity contribution in [1.82, 2.24) is 0 Å². The van der Waals surface area contributed by atoms with Gasteiger partial charge < -0.3 is 9.22 Å². The molecule has 1 aliphatic rings. The van der Waals surface area contributed by atoms with Crippen LogP contribution in [0.4, 0.5) is 0 Å². The summed E-state index contributed by atoms with van der Waals surface area (Å²) in [6.45, 7) is 8.89. The summed E-state index contributed by atoms with van der Waals surface area (Å²) in [6.07, 6.45) is 4.37. The fourth-order valence-electron chi connectivity index (χ4n) is 3.73. The first kappa shape index (κ1) is 17.5. The van der Waals surface area contributed by atoms with Crippen LogP contribution in [0.25, 0.3) is 0 Å². The van der Waals surface area contributed by atoms with Gasteiger partial charge in [0.2, 0.25) is 0 Å². The Hall–Kier alpha value is -0.860. The lowest BCUT2D eigenvalue weighted by molar-refractivity contribution is -0.923. The minimum Gasteiger partial charge on any atom is -0.328 e. The van der Waals surface area contributed by atoms with Crippen molar-refractivity contribution in [2.24, 2.45) is 17.8 Å². The van der Waals surface area contributed by atoms with Gasteiger partial charge in [-0.05, 0) is 30.6 Å². The average Bonchev–Trinajstić information content (AvgIpc) is 2.45. The second-order valence-electron chi connectivity index (χ2n) is 8.24. The molecule has 1 aromatic carbocycles. The first-order valence-electron chi connectivity index (χ1n) is 8.85. The first-order chi connectivity index (χ1) is 10.4. The van der Waals surface area contributed by atoms with Gasteiger partial charge in [0.25, 0.3) is 0 Å². The van der Waals surface area contributed by atoms with E-state index in [1.165, 1.54) is 24.8 Å². The molecule has 124 valence electrons. The minimum absolute atomic E-state index is 0.442. The molecule has 0 spiro atoms. The lowest BCUT2D eigenvalue weighted by atomic mass is 9.75. The van der Waals surface area contributed by atoms with Gasteiger partial charge in [-0.2, -0.15) is 0 Å². The Labute approximate surface area is 137 Å². The average molecular weight is 304 g/mol. The Morgan fingerprint density at radius 2 is 1.82 bits per heavy atom. The molecule has 2 rings (SSSR count). The van der Waals surface area contributed by atoms with Crippen LogP contribution in [0.1, 0.15) is 45.6 Å². The highest BCUT2D eigenvalue weighted by atomic mass is 16.5. The van der Waals surface area contributed by atoms with E-state index in [0.29, 0.717) is 6.10 Å². The maximum Gasteiger partial charge on any atom is 0.183 e. The number of quaternary nitrogens is 1. The van der Waals surface area contributed by atoms with Crippen molar-refractivity contribution in [3.63, 3.8) is 0 Å². The van der Waals surface area contributed by atoms with Crippen LogP contribution >= 0.6 is 0 Å². The molecule has 0 unspecified atom stereocenters. The van der Waals surface area contributed by atoms with Gasteiger partial charge >= 0.3 is 0 Å². The van der Waals surface area contributed by atoms with Crippen LogP contribution in [0.15, 0.2) is 30.3 Å². The Bertz CT molecular complexity index is 440. The molecule has 1 saturated carbocycles.